The van der Waals surface area contributed by atoms with E-state index < -0.39 is 22.0 Å². The molecule has 0 saturated heterocycles. The van der Waals surface area contributed by atoms with Gasteiger partial charge in [-0.2, -0.15) is 0 Å². The van der Waals surface area contributed by atoms with E-state index in [1.807, 2.05) is 6.92 Å². The first-order chi connectivity index (χ1) is 9.46. The van der Waals surface area contributed by atoms with Crippen LogP contribution in [0.25, 0.3) is 0 Å². The Morgan fingerprint density at radius 2 is 2.00 bits per heavy atom. The molecule has 20 heavy (non-hydrogen) atoms. The van der Waals surface area contributed by atoms with Gasteiger partial charge in [0, 0.05) is 18.8 Å². The van der Waals surface area contributed by atoms with Gasteiger partial charge in [-0.15, -0.1) is 12.3 Å². The summed E-state index contributed by atoms with van der Waals surface area (Å²) in [5.74, 6) is 1.90. The second kappa shape index (κ2) is 5.39. The van der Waals surface area contributed by atoms with Gasteiger partial charge in [0.2, 0.25) is 5.91 Å². The zero-order valence-corrected chi connectivity index (χ0v) is 11.7. The van der Waals surface area contributed by atoms with Crippen LogP contribution in [0.2, 0.25) is 0 Å². The van der Waals surface area contributed by atoms with Crippen LogP contribution in [0.4, 0.5) is 0 Å². The number of nitrogens with one attached hydrogen (secondary N) is 1. The van der Waals surface area contributed by atoms with Gasteiger partial charge >= 0.3 is 0 Å². The van der Waals surface area contributed by atoms with Crippen molar-refractivity contribution >= 4 is 15.9 Å². The Labute approximate surface area is 118 Å². The molecule has 0 fully saturated rings. The average Bonchev–Trinajstić information content (AvgIpc) is 2.41. The van der Waals surface area contributed by atoms with Crippen LogP contribution in [0.15, 0.2) is 41.6 Å². The maximum absolute atomic E-state index is 12.6. The highest BCUT2D eigenvalue weighted by molar-refractivity contribution is 7.89. The Morgan fingerprint density at radius 3 is 2.60 bits per heavy atom. The molecule has 0 spiro atoms. The number of carbonyl (C=O) groups excluding carboxylic acids is 1. The lowest BCUT2D eigenvalue weighted by molar-refractivity contribution is -0.123. The van der Waals surface area contributed by atoms with E-state index in [0.717, 1.165) is 9.87 Å². The summed E-state index contributed by atoms with van der Waals surface area (Å²) in [5, 5.41) is 2.46. The normalized spacial score (nSPS) is 18.5. The fraction of sp³-hybridized carbons (Fsp3) is 0.214. The van der Waals surface area contributed by atoms with E-state index >= 15 is 0 Å². The zero-order valence-electron chi connectivity index (χ0n) is 10.9. The predicted molar refractivity (Wildman–Crippen MR) is 74.7 cm³/mol. The molecule has 0 bridgehead atoms. The Balaban J connectivity index is 2.44. The van der Waals surface area contributed by atoms with E-state index in [1.54, 1.807) is 12.1 Å². The third-order valence-electron chi connectivity index (χ3n) is 2.96. The van der Waals surface area contributed by atoms with Crippen LogP contribution in [0.3, 0.4) is 0 Å². The molecule has 1 aromatic rings. The molecule has 1 heterocycles. The SMILES string of the molecule is C#CCC1C(=O)NC=CN1S(=O)(=O)c1ccc(C)cc1. The molecule has 0 saturated carbocycles. The lowest BCUT2D eigenvalue weighted by Gasteiger charge is -2.30. The van der Waals surface area contributed by atoms with Crippen molar-refractivity contribution < 1.29 is 13.2 Å². The van der Waals surface area contributed by atoms with Gasteiger partial charge < -0.3 is 5.32 Å². The molecule has 1 N–H and O–H groups in total. The molecule has 0 aliphatic carbocycles. The van der Waals surface area contributed by atoms with E-state index in [0.29, 0.717) is 0 Å². The Hall–Kier alpha value is -2.26. The first-order valence-corrected chi connectivity index (χ1v) is 7.41. The van der Waals surface area contributed by atoms with E-state index in [9.17, 15) is 13.2 Å². The average molecular weight is 290 g/mol. The number of aryl methyl sites for hydroxylation is 1. The summed E-state index contributed by atoms with van der Waals surface area (Å²) in [4.78, 5) is 11.9. The Kier molecular flexibility index (Phi) is 3.81. The number of terminal acetylenes is 1. The number of hydrogen-bond acceptors (Lipinski definition) is 3. The van der Waals surface area contributed by atoms with Crippen molar-refractivity contribution in [1.82, 2.24) is 9.62 Å². The quantitative estimate of drug-likeness (QED) is 0.844. The molecule has 104 valence electrons. The van der Waals surface area contributed by atoms with E-state index in [-0.39, 0.29) is 11.3 Å². The second-order valence-electron chi connectivity index (χ2n) is 4.40. The number of hydrogen-bond donors (Lipinski definition) is 1. The molecule has 1 aliphatic heterocycles. The largest absolute Gasteiger partial charge is 0.329 e. The van der Waals surface area contributed by atoms with Gasteiger partial charge in [-0.3, -0.25) is 9.10 Å². The van der Waals surface area contributed by atoms with Crippen molar-refractivity contribution in [3.05, 3.63) is 42.2 Å². The van der Waals surface area contributed by atoms with Crippen LogP contribution in [-0.4, -0.2) is 24.7 Å². The molecular formula is C14H14N2O3S. The number of carbonyl (C=O) groups is 1. The first kappa shape index (κ1) is 14.2. The van der Waals surface area contributed by atoms with Crippen LogP contribution in [-0.2, 0) is 14.8 Å². The first-order valence-electron chi connectivity index (χ1n) is 5.97. The fourth-order valence-corrected chi connectivity index (χ4v) is 3.33. The van der Waals surface area contributed by atoms with Crippen LogP contribution >= 0.6 is 0 Å². The molecule has 1 atom stereocenters. The standard InChI is InChI=1S/C14H14N2O3S/c1-3-4-13-14(17)15-9-10-16(13)20(18,19)12-7-5-11(2)6-8-12/h1,5-10,13H,4H2,2H3,(H,15,17). The van der Waals surface area contributed by atoms with Crippen molar-refractivity contribution in [3.8, 4) is 12.3 Å². The van der Waals surface area contributed by atoms with E-state index in [1.165, 1.54) is 24.5 Å². The maximum Gasteiger partial charge on any atom is 0.264 e. The topological polar surface area (TPSA) is 66.5 Å². The Bertz CT molecular complexity index is 684. The van der Waals surface area contributed by atoms with Crippen molar-refractivity contribution in [3.63, 3.8) is 0 Å². The third kappa shape index (κ3) is 2.53. The molecule has 5 nitrogen and oxygen atoms in total. The summed E-state index contributed by atoms with van der Waals surface area (Å²) < 4.78 is 26.1. The second-order valence-corrected chi connectivity index (χ2v) is 6.24. The molecule has 1 unspecified atom stereocenters. The van der Waals surface area contributed by atoms with Gasteiger partial charge in [-0.1, -0.05) is 17.7 Å². The zero-order chi connectivity index (χ0) is 14.8. The minimum atomic E-state index is -3.79. The highest BCUT2D eigenvalue weighted by atomic mass is 32.2. The summed E-state index contributed by atoms with van der Waals surface area (Å²) in [6.07, 6.45) is 7.84. The van der Waals surface area contributed by atoms with Crippen molar-refractivity contribution in [2.75, 3.05) is 0 Å². The molecule has 2 rings (SSSR count). The summed E-state index contributed by atoms with van der Waals surface area (Å²) in [5.41, 5.74) is 0.955. The minimum Gasteiger partial charge on any atom is -0.329 e. The van der Waals surface area contributed by atoms with Crippen LogP contribution in [0.1, 0.15) is 12.0 Å². The van der Waals surface area contributed by atoms with E-state index in [2.05, 4.69) is 11.2 Å². The van der Waals surface area contributed by atoms with Gasteiger partial charge in [0.1, 0.15) is 6.04 Å². The van der Waals surface area contributed by atoms with Gasteiger partial charge in [0.25, 0.3) is 10.0 Å². The third-order valence-corrected chi connectivity index (χ3v) is 4.76. The lowest BCUT2D eigenvalue weighted by atomic mass is 10.2. The van der Waals surface area contributed by atoms with Crippen LogP contribution in [0.5, 0.6) is 0 Å². The molecule has 1 amide bonds. The fourth-order valence-electron chi connectivity index (χ4n) is 1.88. The number of sulfonamides is 1. The monoisotopic (exact) mass is 290 g/mol. The molecule has 0 radical (unpaired) electrons. The maximum atomic E-state index is 12.6. The molecule has 6 heteroatoms. The molecule has 1 aliphatic rings. The minimum absolute atomic E-state index is 0.0151. The highest BCUT2D eigenvalue weighted by Gasteiger charge is 2.34. The van der Waals surface area contributed by atoms with Crippen LogP contribution in [0, 0.1) is 19.3 Å². The van der Waals surface area contributed by atoms with Gasteiger partial charge in [-0.05, 0) is 19.1 Å². The van der Waals surface area contributed by atoms with Crippen molar-refractivity contribution in [2.24, 2.45) is 0 Å². The number of rotatable bonds is 3. The summed E-state index contributed by atoms with van der Waals surface area (Å²) in [6.45, 7) is 1.87. The predicted octanol–water partition coefficient (Wildman–Crippen LogP) is 0.979. The van der Waals surface area contributed by atoms with Gasteiger partial charge in [0.05, 0.1) is 4.90 Å². The van der Waals surface area contributed by atoms with Gasteiger partial charge in [-0.25, -0.2) is 8.42 Å². The summed E-state index contributed by atoms with van der Waals surface area (Å²) >= 11 is 0. The molecular weight excluding hydrogens is 276 g/mol. The van der Waals surface area contributed by atoms with Crippen LogP contribution < -0.4 is 5.32 Å². The van der Waals surface area contributed by atoms with Gasteiger partial charge in [0.15, 0.2) is 0 Å². The highest BCUT2D eigenvalue weighted by Crippen LogP contribution is 2.22. The number of benzene rings is 1. The number of nitrogens with zero attached hydrogens (tertiary/aromatic N) is 1. The molecule has 1 aromatic carbocycles. The lowest BCUT2D eigenvalue weighted by Crippen LogP contribution is -2.48. The Morgan fingerprint density at radius 1 is 1.35 bits per heavy atom. The van der Waals surface area contributed by atoms with E-state index in [4.69, 9.17) is 6.42 Å². The smallest absolute Gasteiger partial charge is 0.264 e. The van der Waals surface area contributed by atoms with Crippen molar-refractivity contribution in [1.29, 1.82) is 0 Å². The van der Waals surface area contributed by atoms with Crippen molar-refractivity contribution in [2.45, 2.75) is 24.3 Å². The summed E-state index contributed by atoms with van der Waals surface area (Å²) in [6, 6.07) is 5.51. The number of amides is 1. The summed E-state index contributed by atoms with van der Waals surface area (Å²) in [7, 11) is -3.79. The molecule has 0 aromatic heterocycles.